The van der Waals surface area contributed by atoms with Crippen molar-refractivity contribution in [2.75, 3.05) is 25.0 Å². The van der Waals surface area contributed by atoms with Crippen LogP contribution in [0.3, 0.4) is 0 Å². The normalized spacial score (nSPS) is 20.4. The summed E-state index contributed by atoms with van der Waals surface area (Å²) in [6, 6.07) is 4.79. The van der Waals surface area contributed by atoms with E-state index in [1.165, 1.54) is 22.3 Å². The van der Waals surface area contributed by atoms with Crippen molar-refractivity contribution in [3.8, 4) is 11.5 Å². The summed E-state index contributed by atoms with van der Waals surface area (Å²) in [5, 5.41) is 12.2. The molecule has 0 bridgehead atoms. The Morgan fingerprint density at radius 1 is 1.18 bits per heavy atom. The Morgan fingerprint density at radius 3 is 2.73 bits per heavy atom. The Kier molecular flexibility index (Phi) is 6.13. The lowest BCUT2D eigenvalue weighted by Crippen LogP contribution is -2.34. The van der Waals surface area contributed by atoms with Crippen molar-refractivity contribution in [1.29, 1.82) is 0 Å². The molecule has 2 saturated carbocycles. The van der Waals surface area contributed by atoms with Gasteiger partial charge in [-0.05, 0) is 49.3 Å². The number of hydrogen-bond acceptors (Lipinski definition) is 7. The molecule has 3 fully saturated rings. The van der Waals surface area contributed by atoms with E-state index in [9.17, 15) is 18.4 Å². The standard InChI is InChI=1S/C22H24F2N4O4S/c23-21(24)32-16-6-5-14(7-17(16)31-11-12-1-2-12)15-8-19(30)28(9-15)10-18(29)25-22-27-26-20(33-22)13-3-4-13/h5-7,12-13,15,21H,1-4,8-11H2,(H,25,27,29)/t15-/m1/s1. The van der Waals surface area contributed by atoms with Gasteiger partial charge in [-0.3, -0.25) is 14.9 Å². The molecular weight excluding hydrogens is 454 g/mol. The first-order chi connectivity index (χ1) is 15.9. The molecule has 1 saturated heterocycles. The van der Waals surface area contributed by atoms with Gasteiger partial charge in [0.05, 0.1) is 13.2 Å². The van der Waals surface area contributed by atoms with E-state index in [0.717, 1.165) is 36.3 Å². The number of likely N-dealkylation sites (tertiary alicyclic amines) is 1. The van der Waals surface area contributed by atoms with E-state index in [4.69, 9.17) is 4.74 Å². The summed E-state index contributed by atoms with van der Waals surface area (Å²) in [6.07, 6.45) is 4.58. The zero-order valence-corrected chi connectivity index (χ0v) is 18.7. The number of rotatable bonds is 10. The fourth-order valence-corrected chi connectivity index (χ4v) is 4.77. The Hall–Kier alpha value is -2.82. The maximum absolute atomic E-state index is 12.8. The third kappa shape index (κ3) is 5.58. The van der Waals surface area contributed by atoms with Gasteiger partial charge in [0.2, 0.25) is 16.9 Å². The second kappa shape index (κ2) is 9.20. The Balaban J connectivity index is 1.21. The number of benzene rings is 1. The van der Waals surface area contributed by atoms with Crippen LogP contribution in [-0.4, -0.2) is 53.2 Å². The summed E-state index contributed by atoms with van der Waals surface area (Å²) >= 11 is 1.37. The fraction of sp³-hybridized carbons (Fsp3) is 0.545. The molecule has 0 spiro atoms. The first kappa shape index (κ1) is 22.0. The number of amides is 2. The maximum Gasteiger partial charge on any atom is 0.387 e. The van der Waals surface area contributed by atoms with E-state index >= 15 is 0 Å². The molecular formula is C22H24F2N4O4S. The number of hydrogen-bond donors (Lipinski definition) is 1. The number of alkyl halides is 2. The number of carbonyl (C=O) groups excluding carboxylic acids is 2. The molecule has 8 nitrogen and oxygen atoms in total. The van der Waals surface area contributed by atoms with Gasteiger partial charge in [0.15, 0.2) is 11.5 Å². The number of carbonyl (C=O) groups is 2. The molecule has 176 valence electrons. The lowest BCUT2D eigenvalue weighted by molar-refractivity contribution is -0.131. The Labute approximate surface area is 193 Å². The van der Waals surface area contributed by atoms with Crippen LogP contribution < -0.4 is 14.8 Å². The molecule has 1 atom stereocenters. The summed E-state index contributed by atoms with van der Waals surface area (Å²) in [5.74, 6) is 0.519. The van der Waals surface area contributed by atoms with Crippen molar-refractivity contribution in [2.24, 2.45) is 5.92 Å². The maximum atomic E-state index is 12.8. The highest BCUT2D eigenvalue weighted by molar-refractivity contribution is 7.15. The molecule has 1 aliphatic heterocycles. The topological polar surface area (TPSA) is 93.7 Å². The van der Waals surface area contributed by atoms with Crippen LogP contribution in [0.1, 0.15) is 54.5 Å². The SMILES string of the molecule is O=C(CN1C[C@H](c2ccc(OC(F)F)c(OCC3CC3)c2)CC1=O)Nc1nnc(C2CC2)s1. The monoisotopic (exact) mass is 478 g/mol. The van der Waals surface area contributed by atoms with Crippen molar-refractivity contribution in [2.45, 2.75) is 50.6 Å². The van der Waals surface area contributed by atoms with Crippen LogP contribution in [0.5, 0.6) is 11.5 Å². The van der Waals surface area contributed by atoms with Gasteiger partial charge in [0, 0.05) is 24.8 Å². The highest BCUT2D eigenvalue weighted by Gasteiger charge is 2.33. The van der Waals surface area contributed by atoms with Gasteiger partial charge < -0.3 is 14.4 Å². The van der Waals surface area contributed by atoms with Crippen molar-refractivity contribution >= 4 is 28.3 Å². The lowest BCUT2D eigenvalue weighted by Gasteiger charge is -2.17. The van der Waals surface area contributed by atoms with Crippen LogP contribution in [0.15, 0.2) is 18.2 Å². The molecule has 1 aromatic heterocycles. The van der Waals surface area contributed by atoms with Crippen molar-refractivity contribution in [3.05, 3.63) is 28.8 Å². The number of nitrogens with one attached hydrogen (secondary N) is 1. The number of nitrogens with zero attached hydrogens (tertiary/aromatic N) is 3. The number of ether oxygens (including phenoxy) is 2. The van der Waals surface area contributed by atoms with Crippen LogP contribution in [0, 0.1) is 5.92 Å². The van der Waals surface area contributed by atoms with E-state index in [1.807, 2.05) is 0 Å². The molecule has 11 heteroatoms. The molecule has 1 aromatic carbocycles. The zero-order chi connectivity index (χ0) is 22.9. The highest BCUT2D eigenvalue weighted by atomic mass is 32.1. The fourth-order valence-electron chi connectivity index (χ4n) is 3.84. The third-order valence-corrected chi connectivity index (χ3v) is 6.99. The minimum atomic E-state index is -2.95. The molecule has 2 aliphatic carbocycles. The predicted molar refractivity (Wildman–Crippen MR) is 116 cm³/mol. The second-order valence-electron chi connectivity index (χ2n) is 8.78. The molecule has 5 rings (SSSR count). The van der Waals surface area contributed by atoms with E-state index in [1.54, 1.807) is 12.1 Å². The first-order valence-corrected chi connectivity index (χ1v) is 11.9. The van der Waals surface area contributed by atoms with Gasteiger partial charge >= 0.3 is 6.61 Å². The Morgan fingerprint density at radius 2 is 2.00 bits per heavy atom. The van der Waals surface area contributed by atoms with Gasteiger partial charge in [0.1, 0.15) is 5.01 Å². The zero-order valence-electron chi connectivity index (χ0n) is 17.8. The van der Waals surface area contributed by atoms with Gasteiger partial charge in [-0.25, -0.2) is 0 Å². The third-order valence-electron chi connectivity index (χ3n) is 5.99. The predicted octanol–water partition coefficient (Wildman–Crippen LogP) is 3.76. The van der Waals surface area contributed by atoms with Crippen molar-refractivity contribution < 1.29 is 27.8 Å². The van der Waals surface area contributed by atoms with E-state index < -0.39 is 6.61 Å². The minimum absolute atomic E-state index is 0.0161. The summed E-state index contributed by atoms with van der Waals surface area (Å²) < 4.78 is 35.9. The van der Waals surface area contributed by atoms with Crippen LogP contribution >= 0.6 is 11.3 Å². The molecule has 0 radical (unpaired) electrons. The van der Waals surface area contributed by atoms with Crippen molar-refractivity contribution in [3.63, 3.8) is 0 Å². The molecule has 2 amide bonds. The summed E-state index contributed by atoms with van der Waals surface area (Å²) in [4.78, 5) is 26.5. The average molecular weight is 479 g/mol. The lowest BCUT2D eigenvalue weighted by atomic mass is 9.98. The first-order valence-electron chi connectivity index (χ1n) is 11.1. The molecule has 3 aliphatic rings. The number of halogens is 2. The van der Waals surface area contributed by atoms with Crippen LogP contribution in [0.25, 0.3) is 0 Å². The largest absolute Gasteiger partial charge is 0.489 e. The van der Waals surface area contributed by atoms with Crippen molar-refractivity contribution in [1.82, 2.24) is 15.1 Å². The summed E-state index contributed by atoms with van der Waals surface area (Å²) in [7, 11) is 0. The minimum Gasteiger partial charge on any atom is -0.489 e. The van der Waals surface area contributed by atoms with Gasteiger partial charge in [-0.15, -0.1) is 10.2 Å². The molecule has 1 N–H and O–H groups in total. The quantitative estimate of drug-likeness (QED) is 0.559. The average Bonchev–Trinajstić information content (AvgIpc) is 3.70. The molecule has 0 unspecified atom stereocenters. The van der Waals surface area contributed by atoms with Gasteiger partial charge in [-0.1, -0.05) is 17.4 Å². The van der Waals surface area contributed by atoms with Crippen LogP contribution in [0.2, 0.25) is 0 Å². The molecule has 2 heterocycles. The highest BCUT2D eigenvalue weighted by Crippen LogP contribution is 2.42. The summed E-state index contributed by atoms with van der Waals surface area (Å²) in [5.41, 5.74) is 0.789. The van der Waals surface area contributed by atoms with E-state index in [2.05, 4.69) is 20.3 Å². The van der Waals surface area contributed by atoms with Crippen LogP contribution in [-0.2, 0) is 9.59 Å². The molecule has 33 heavy (non-hydrogen) atoms. The number of anilines is 1. The van der Waals surface area contributed by atoms with E-state index in [0.29, 0.717) is 30.1 Å². The second-order valence-corrected chi connectivity index (χ2v) is 9.79. The summed E-state index contributed by atoms with van der Waals surface area (Å²) in [6.45, 7) is -2.22. The van der Waals surface area contributed by atoms with E-state index in [-0.39, 0.29) is 42.2 Å². The Bertz CT molecular complexity index is 1040. The van der Waals surface area contributed by atoms with Crippen LogP contribution in [0.4, 0.5) is 13.9 Å². The smallest absolute Gasteiger partial charge is 0.387 e. The van der Waals surface area contributed by atoms with Gasteiger partial charge in [0.25, 0.3) is 0 Å². The van der Waals surface area contributed by atoms with Gasteiger partial charge in [-0.2, -0.15) is 8.78 Å². The molecule has 2 aromatic rings. The number of aromatic nitrogens is 2.